The van der Waals surface area contributed by atoms with E-state index in [9.17, 15) is 14.3 Å². The van der Waals surface area contributed by atoms with Gasteiger partial charge in [0.15, 0.2) is 0 Å². The van der Waals surface area contributed by atoms with E-state index in [1.807, 2.05) is 6.07 Å². The molecule has 0 atom stereocenters. The van der Waals surface area contributed by atoms with Crippen molar-refractivity contribution in [1.82, 2.24) is 9.78 Å². The third-order valence-electron chi connectivity index (χ3n) is 2.38. The molecule has 0 aliphatic carbocycles. The quantitative estimate of drug-likeness (QED) is 0.909. The summed E-state index contributed by atoms with van der Waals surface area (Å²) in [5.74, 6) is -0.967. The van der Waals surface area contributed by atoms with E-state index in [0.717, 1.165) is 16.8 Å². The zero-order valence-electron chi connectivity index (χ0n) is 9.47. The van der Waals surface area contributed by atoms with E-state index in [1.54, 1.807) is 0 Å². The van der Waals surface area contributed by atoms with E-state index in [4.69, 9.17) is 16.9 Å². The van der Waals surface area contributed by atoms with Gasteiger partial charge in [-0.05, 0) is 18.2 Å². The number of aromatic nitrogens is 2. The number of hydrogen-bond acceptors (Lipinski definition) is 4. The van der Waals surface area contributed by atoms with Gasteiger partial charge in [0.1, 0.15) is 17.3 Å². The van der Waals surface area contributed by atoms with Crippen LogP contribution in [0.4, 0.5) is 4.39 Å². The predicted molar refractivity (Wildman–Crippen MR) is 65.8 cm³/mol. The highest BCUT2D eigenvalue weighted by Crippen LogP contribution is 2.18. The normalized spacial score (nSPS) is 10.2. The summed E-state index contributed by atoms with van der Waals surface area (Å²) in [7, 11) is 0. The van der Waals surface area contributed by atoms with Crippen molar-refractivity contribution in [2.24, 2.45) is 0 Å². The zero-order valence-corrected chi connectivity index (χ0v) is 10.2. The molecule has 1 N–H and O–H groups in total. The molecule has 0 spiro atoms. The average Bonchev–Trinajstić information content (AvgIpc) is 2.36. The minimum Gasteiger partial charge on any atom is -0.506 e. The van der Waals surface area contributed by atoms with Crippen LogP contribution in [0.1, 0.15) is 5.69 Å². The third kappa shape index (κ3) is 2.56. The van der Waals surface area contributed by atoms with Gasteiger partial charge in [-0.3, -0.25) is 4.79 Å². The Hall–Kier alpha value is -2.39. The molecule has 96 valence electrons. The van der Waals surface area contributed by atoms with Crippen LogP contribution in [0.15, 0.2) is 29.1 Å². The van der Waals surface area contributed by atoms with Crippen molar-refractivity contribution < 1.29 is 9.50 Å². The molecule has 0 saturated carbocycles. The standard InChI is InChI=1S/C12H7ClFN3O2/c13-8-5-7(1-2-9(8)14)17-12(19)6-11(18)10(16-17)3-4-15/h1-2,5-6,18H,3H2. The molecule has 19 heavy (non-hydrogen) atoms. The van der Waals surface area contributed by atoms with Crippen molar-refractivity contribution in [1.29, 1.82) is 5.26 Å². The fourth-order valence-corrected chi connectivity index (χ4v) is 1.66. The molecule has 1 aromatic heterocycles. The first-order valence-electron chi connectivity index (χ1n) is 5.17. The van der Waals surface area contributed by atoms with Crippen LogP contribution in [0.5, 0.6) is 5.75 Å². The third-order valence-corrected chi connectivity index (χ3v) is 2.67. The highest BCUT2D eigenvalue weighted by Gasteiger charge is 2.10. The number of nitriles is 1. The van der Waals surface area contributed by atoms with Gasteiger partial charge in [0, 0.05) is 6.07 Å². The van der Waals surface area contributed by atoms with Crippen molar-refractivity contribution in [3.63, 3.8) is 0 Å². The van der Waals surface area contributed by atoms with Gasteiger partial charge in [0.05, 0.1) is 23.2 Å². The highest BCUT2D eigenvalue weighted by molar-refractivity contribution is 6.30. The molecule has 1 heterocycles. The molecule has 0 aliphatic rings. The van der Waals surface area contributed by atoms with Crippen molar-refractivity contribution in [2.45, 2.75) is 6.42 Å². The highest BCUT2D eigenvalue weighted by atomic mass is 35.5. The summed E-state index contributed by atoms with van der Waals surface area (Å²) in [6.07, 6.45) is -0.152. The van der Waals surface area contributed by atoms with Crippen molar-refractivity contribution in [3.05, 3.63) is 51.2 Å². The van der Waals surface area contributed by atoms with Gasteiger partial charge in [0.25, 0.3) is 5.56 Å². The number of nitrogens with zero attached hydrogens (tertiary/aromatic N) is 3. The van der Waals surface area contributed by atoms with E-state index in [2.05, 4.69) is 5.10 Å². The van der Waals surface area contributed by atoms with Crippen LogP contribution in [0, 0.1) is 17.1 Å². The molecule has 1 aromatic carbocycles. The first kappa shape index (κ1) is 13.1. The Bertz CT molecular complexity index is 737. The van der Waals surface area contributed by atoms with Crippen LogP contribution >= 0.6 is 11.6 Å². The Kier molecular flexibility index (Phi) is 3.49. The smallest absolute Gasteiger partial charge is 0.275 e. The lowest BCUT2D eigenvalue weighted by molar-refractivity contribution is 0.459. The van der Waals surface area contributed by atoms with Crippen LogP contribution in [0.25, 0.3) is 5.69 Å². The predicted octanol–water partition coefficient (Wildman–Crippen LogP) is 1.80. The van der Waals surface area contributed by atoms with E-state index < -0.39 is 11.4 Å². The molecule has 0 unspecified atom stereocenters. The van der Waals surface area contributed by atoms with Crippen LogP contribution in [-0.2, 0) is 6.42 Å². The molecule has 5 nitrogen and oxygen atoms in total. The van der Waals surface area contributed by atoms with Gasteiger partial charge >= 0.3 is 0 Å². The summed E-state index contributed by atoms with van der Waals surface area (Å²) >= 11 is 5.63. The molecular formula is C12H7ClFN3O2. The van der Waals surface area contributed by atoms with Crippen molar-refractivity contribution in [3.8, 4) is 17.5 Å². The zero-order chi connectivity index (χ0) is 14.0. The molecule has 0 aliphatic heterocycles. The second kappa shape index (κ2) is 5.08. The van der Waals surface area contributed by atoms with E-state index in [-0.39, 0.29) is 28.6 Å². The van der Waals surface area contributed by atoms with Crippen molar-refractivity contribution >= 4 is 11.6 Å². The molecule has 0 amide bonds. The maximum atomic E-state index is 13.1. The van der Waals surface area contributed by atoms with E-state index in [0.29, 0.717) is 0 Å². The molecule has 2 rings (SSSR count). The van der Waals surface area contributed by atoms with Crippen LogP contribution < -0.4 is 5.56 Å². The minimum absolute atomic E-state index is 0.0579. The number of benzene rings is 1. The maximum Gasteiger partial charge on any atom is 0.275 e. The lowest BCUT2D eigenvalue weighted by Crippen LogP contribution is -2.21. The Morgan fingerprint density at radius 2 is 2.21 bits per heavy atom. The monoisotopic (exact) mass is 279 g/mol. The second-order valence-corrected chi connectivity index (χ2v) is 4.07. The minimum atomic E-state index is -0.616. The number of halogens is 2. The summed E-state index contributed by atoms with van der Waals surface area (Å²) < 4.78 is 14.0. The van der Waals surface area contributed by atoms with Gasteiger partial charge in [-0.1, -0.05) is 11.6 Å². The molecule has 0 radical (unpaired) electrons. The Balaban J connectivity index is 2.61. The molecule has 0 fully saturated rings. The topological polar surface area (TPSA) is 78.9 Å². The Labute approximate surface area is 112 Å². The summed E-state index contributed by atoms with van der Waals surface area (Å²) in [5, 5.41) is 21.8. The average molecular weight is 280 g/mol. The first-order chi connectivity index (χ1) is 9.02. The first-order valence-corrected chi connectivity index (χ1v) is 5.55. The molecule has 2 aromatic rings. The largest absolute Gasteiger partial charge is 0.506 e. The van der Waals surface area contributed by atoms with Gasteiger partial charge in [0.2, 0.25) is 0 Å². The molecule has 7 heteroatoms. The Morgan fingerprint density at radius 1 is 1.47 bits per heavy atom. The Morgan fingerprint density at radius 3 is 2.84 bits per heavy atom. The van der Waals surface area contributed by atoms with E-state index >= 15 is 0 Å². The maximum absolute atomic E-state index is 13.1. The van der Waals surface area contributed by atoms with Crippen LogP contribution in [-0.4, -0.2) is 14.9 Å². The van der Waals surface area contributed by atoms with Gasteiger partial charge in [-0.25, -0.2) is 4.39 Å². The van der Waals surface area contributed by atoms with Gasteiger partial charge < -0.3 is 5.11 Å². The van der Waals surface area contributed by atoms with Crippen LogP contribution in [0.2, 0.25) is 5.02 Å². The molecular weight excluding hydrogens is 273 g/mol. The fraction of sp³-hybridized carbons (Fsp3) is 0.0833. The summed E-state index contributed by atoms with van der Waals surface area (Å²) in [5.41, 5.74) is -0.306. The van der Waals surface area contributed by atoms with Gasteiger partial charge in [-0.2, -0.15) is 15.0 Å². The van der Waals surface area contributed by atoms with E-state index in [1.165, 1.54) is 12.1 Å². The lowest BCUT2D eigenvalue weighted by Gasteiger charge is -2.07. The summed E-state index contributed by atoms with van der Waals surface area (Å²) in [4.78, 5) is 11.7. The van der Waals surface area contributed by atoms with Gasteiger partial charge in [-0.15, -0.1) is 0 Å². The number of hydrogen-bond donors (Lipinski definition) is 1. The van der Waals surface area contributed by atoms with Crippen LogP contribution in [0.3, 0.4) is 0 Å². The lowest BCUT2D eigenvalue weighted by atomic mass is 10.2. The SMILES string of the molecule is N#CCc1nn(-c2ccc(F)c(Cl)c2)c(=O)cc1O. The number of rotatable bonds is 2. The summed E-state index contributed by atoms with van der Waals surface area (Å²) in [6, 6.07) is 6.42. The molecule has 0 saturated heterocycles. The summed E-state index contributed by atoms with van der Waals surface area (Å²) in [6.45, 7) is 0. The number of aromatic hydroxyl groups is 1. The second-order valence-electron chi connectivity index (χ2n) is 3.66. The molecule has 0 bridgehead atoms. The van der Waals surface area contributed by atoms with Crippen molar-refractivity contribution in [2.75, 3.05) is 0 Å². The fourth-order valence-electron chi connectivity index (χ4n) is 1.49.